The highest BCUT2D eigenvalue weighted by atomic mass is 32.2. The van der Waals surface area contributed by atoms with Gasteiger partial charge in [-0.3, -0.25) is 19.2 Å². The fourth-order valence-electron chi connectivity index (χ4n) is 2.99. The molecule has 0 heterocycles. The number of amides is 1. The summed E-state index contributed by atoms with van der Waals surface area (Å²) in [5.41, 5.74) is 0.701. The van der Waals surface area contributed by atoms with Gasteiger partial charge in [0.15, 0.2) is 0 Å². The number of carbonyl (C=O) groups excluding carboxylic acids is 1. The van der Waals surface area contributed by atoms with E-state index in [4.69, 9.17) is 0 Å². The average molecular weight is 413 g/mol. The van der Waals surface area contributed by atoms with Crippen molar-refractivity contribution in [2.24, 2.45) is 0 Å². The van der Waals surface area contributed by atoms with Crippen LogP contribution in [0, 0.1) is 10.1 Å². The predicted octanol–water partition coefficient (Wildman–Crippen LogP) is 2.83. The van der Waals surface area contributed by atoms with Gasteiger partial charge in [0, 0.05) is 18.7 Å². The SMILES string of the molecule is CS(=O)(=O)N(CC(=O)NCc1cccc2ccccc12)c1cccc([N+](=O)[O-])c1. The Bertz CT molecular complexity index is 1170. The molecule has 0 atom stereocenters. The second-order valence-electron chi connectivity index (χ2n) is 6.46. The van der Waals surface area contributed by atoms with Crippen LogP contribution >= 0.6 is 0 Å². The van der Waals surface area contributed by atoms with Crippen molar-refractivity contribution in [2.75, 3.05) is 17.1 Å². The second-order valence-corrected chi connectivity index (χ2v) is 8.37. The lowest BCUT2D eigenvalue weighted by molar-refractivity contribution is -0.384. The zero-order valence-electron chi connectivity index (χ0n) is 15.6. The molecule has 29 heavy (non-hydrogen) atoms. The molecule has 0 aliphatic rings. The van der Waals surface area contributed by atoms with Crippen LogP contribution in [0.5, 0.6) is 0 Å². The van der Waals surface area contributed by atoms with Crippen LogP contribution in [0.4, 0.5) is 11.4 Å². The van der Waals surface area contributed by atoms with Gasteiger partial charge in [-0.05, 0) is 22.4 Å². The number of hydrogen-bond acceptors (Lipinski definition) is 5. The molecule has 3 aromatic rings. The predicted molar refractivity (Wildman–Crippen MR) is 111 cm³/mol. The van der Waals surface area contributed by atoms with Gasteiger partial charge in [0.2, 0.25) is 15.9 Å². The summed E-state index contributed by atoms with van der Waals surface area (Å²) in [5.74, 6) is -0.519. The maximum Gasteiger partial charge on any atom is 0.271 e. The van der Waals surface area contributed by atoms with Gasteiger partial charge in [0.25, 0.3) is 5.69 Å². The molecule has 9 heteroatoms. The smallest absolute Gasteiger partial charge is 0.271 e. The molecule has 3 aromatic carbocycles. The Morgan fingerprint density at radius 3 is 2.48 bits per heavy atom. The number of nitro groups is 1. The van der Waals surface area contributed by atoms with Gasteiger partial charge in [-0.1, -0.05) is 48.5 Å². The molecule has 0 saturated heterocycles. The molecule has 0 radical (unpaired) electrons. The number of carbonyl (C=O) groups is 1. The number of benzene rings is 3. The van der Waals surface area contributed by atoms with E-state index in [1.54, 1.807) is 0 Å². The lowest BCUT2D eigenvalue weighted by atomic mass is 10.0. The molecule has 0 unspecified atom stereocenters. The molecule has 1 amide bonds. The normalized spacial score (nSPS) is 11.2. The van der Waals surface area contributed by atoms with E-state index in [0.717, 1.165) is 33.0 Å². The first kappa shape index (κ1) is 20.3. The van der Waals surface area contributed by atoms with Crippen molar-refractivity contribution in [1.29, 1.82) is 0 Å². The summed E-state index contributed by atoms with van der Waals surface area (Å²) < 4.78 is 25.2. The van der Waals surface area contributed by atoms with Crippen LogP contribution in [0.15, 0.2) is 66.7 Å². The highest BCUT2D eigenvalue weighted by Crippen LogP contribution is 2.23. The number of rotatable bonds is 7. The first-order valence-electron chi connectivity index (χ1n) is 8.71. The number of nitro benzene ring substituents is 1. The monoisotopic (exact) mass is 413 g/mol. The Balaban J connectivity index is 1.77. The Morgan fingerprint density at radius 2 is 1.76 bits per heavy atom. The average Bonchev–Trinajstić information content (AvgIpc) is 2.69. The summed E-state index contributed by atoms with van der Waals surface area (Å²) in [5, 5.41) is 15.7. The van der Waals surface area contributed by atoms with Crippen LogP contribution in [0.1, 0.15) is 5.56 Å². The molecule has 1 N–H and O–H groups in total. The second kappa shape index (κ2) is 8.27. The van der Waals surface area contributed by atoms with E-state index in [0.29, 0.717) is 0 Å². The Hall–Kier alpha value is -3.46. The third-order valence-corrected chi connectivity index (χ3v) is 5.51. The minimum atomic E-state index is -3.82. The van der Waals surface area contributed by atoms with Gasteiger partial charge in [0.05, 0.1) is 16.9 Å². The van der Waals surface area contributed by atoms with Crippen molar-refractivity contribution >= 4 is 38.1 Å². The molecular formula is C20H19N3O5S. The highest BCUT2D eigenvalue weighted by molar-refractivity contribution is 7.92. The number of fused-ring (bicyclic) bond motifs is 1. The summed E-state index contributed by atoms with van der Waals surface area (Å²) in [6, 6.07) is 18.6. The van der Waals surface area contributed by atoms with E-state index < -0.39 is 27.4 Å². The lowest BCUT2D eigenvalue weighted by Gasteiger charge is -2.21. The number of nitrogens with zero attached hydrogens (tertiary/aromatic N) is 2. The number of non-ortho nitro benzene ring substituents is 1. The molecule has 0 fully saturated rings. The molecule has 0 spiro atoms. The fraction of sp³-hybridized carbons (Fsp3) is 0.150. The van der Waals surface area contributed by atoms with Crippen molar-refractivity contribution in [3.05, 3.63) is 82.4 Å². The van der Waals surface area contributed by atoms with Gasteiger partial charge in [0.1, 0.15) is 6.54 Å². The number of sulfonamides is 1. The van der Waals surface area contributed by atoms with E-state index in [-0.39, 0.29) is 17.9 Å². The van der Waals surface area contributed by atoms with E-state index in [1.807, 2.05) is 42.5 Å². The number of hydrogen-bond donors (Lipinski definition) is 1. The van der Waals surface area contributed by atoms with E-state index >= 15 is 0 Å². The zero-order chi connectivity index (χ0) is 21.0. The molecule has 3 rings (SSSR count). The Morgan fingerprint density at radius 1 is 1.07 bits per heavy atom. The summed E-state index contributed by atoms with van der Waals surface area (Å²) >= 11 is 0. The lowest BCUT2D eigenvalue weighted by Crippen LogP contribution is -2.40. The minimum absolute atomic E-state index is 0.0574. The maximum atomic E-state index is 12.5. The van der Waals surface area contributed by atoms with Crippen molar-refractivity contribution < 1.29 is 18.1 Å². The summed E-state index contributed by atoms with van der Waals surface area (Å²) in [6.45, 7) is -0.252. The Labute approximate surface area is 168 Å². The number of anilines is 1. The largest absolute Gasteiger partial charge is 0.350 e. The van der Waals surface area contributed by atoms with Crippen molar-refractivity contribution in [3.63, 3.8) is 0 Å². The molecule has 150 valence electrons. The van der Waals surface area contributed by atoms with E-state index in [9.17, 15) is 23.3 Å². The first-order chi connectivity index (χ1) is 13.8. The molecular weight excluding hydrogens is 394 g/mol. The quantitative estimate of drug-likeness (QED) is 0.473. The molecule has 0 aliphatic carbocycles. The third-order valence-electron chi connectivity index (χ3n) is 4.37. The zero-order valence-corrected chi connectivity index (χ0v) is 16.4. The molecule has 8 nitrogen and oxygen atoms in total. The minimum Gasteiger partial charge on any atom is -0.350 e. The van der Waals surface area contributed by atoms with Gasteiger partial charge in [-0.15, -0.1) is 0 Å². The van der Waals surface area contributed by atoms with Gasteiger partial charge < -0.3 is 5.32 Å². The molecule has 0 aliphatic heterocycles. The van der Waals surface area contributed by atoms with Crippen molar-refractivity contribution in [1.82, 2.24) is 5.32 Å². The van der Waals surface area contributed by atoms with Gasteiger partial charge >= 0.3 is 0 Å². The van der Waals surface area contributed by atoms with Gasteiger partial charge in [-0.2, -0.15) is 0 Å². The van der Waals surface area contributed by atoms with E-state index in [2.05, 4.69) is 5.32 Å². The Kier molecular flexibility index (Phi) is 5.79. The highest BCUT2D eigenvalue weighted by Gasteiger charge is 2.22. The van der Waals surface area contributed by atoms with Crippen LogP contribution in [0.2, 0.25) is 0 Å². The van der Waals surface area contributed by atoms with E-state index in [1.165, 1.54) is 18.2 Å². The molecule has 0 saturated carbocycles. The van der Waals surface area contributed by atoms with Crippen LogP contribution in [-0.2, 0) is 21.4 Å². The maximum absolute atomic E-state index is 12.5. The summed E-state index contributed by atoms with van der Waals surface area (Å²) in [7, 11) is -3.82. The van der Waals surface area contributed by atoms with Crippen LogP contribution < -0.4 is 9.62 Å². The van der Waals surface area contributed by atoms with Crippen LogP contribution in [-0.4, -0.2) is 32.0 Å². The first-order valence-corrected chi connectivity index (χ1v) is 10.6. The number of nitrogens with one attached hydrogen (secondary N) is 1. The fourth-order valence-corrected chi connectivity index (χ4v) is 3.84. The van der Waals surface area contributed by atoms with Crippen LogP contribution in [0.3, 0.4) is 0 Å². The molecule has 0 aromatic heterocycles. The van der Waals surface area contributed by atoms with Crippen molar-refractivity contribution in [2.45, 2.75) is 6.54 Å². The standard InChI is InChI=1S/C20H19N3O5S/c1-29(27,28)22(17-9-5-10-18(12-17)23(25)26)14-20(24)21-13-16-8-4-7-15-6-2-3-11-19(15)16/h2-12H,13-14H2,1H3,(H,21,24). The summed E-state index contributed by atoms with van der Waals surface area (Å²) in [6.07, 6.45) is 0.948. The topological polar surface area (TPSA) is 110 Å². The van der Waals surface area contributed by atoms with Crippen LogP contribution in [0.25, 0.3) is 10.8 Å². The van der Waals surface area contributed by atoms with Crippen molar-refractivity contribution in [3.8, 4) is 0 Å². The molecule has 0 bridgehead atoms. The van der Waals surface area contributed by atoms with Gasteiger partial charge in [-0.25, -0.2) is 8.42 Å². The third kappa shape index (κ3) is 4.88. The summed E-state index contributed by atoms with van der Waals surface area (Å²) in [4.78, 5) is 22.8.